The zero-order chi connectivity index (χ0) is 20.3. The van der Waals surface area contributed by atoms with Gasteiger partial charge in [-0.3, -0.25) is 10.1 Å². The minimum Gasteiger partial charge on any atom is -0.496 e. The van der Waals surface area contributed by atoms with E-state index in [1.54, 1.807) is 12.1 Å². The van der Waals surface area contributed by atoms with Crippen molar-refractivity contribution < 1.29 is 19.0 Å². The van der Waals surface area contributed by atoms with Crippen molar-refractivity contribution in [1.82, 2.24) is 4.98 Å². The minimum absolute atomic E-state index is 0.334. The quantitative estimate of drug-likeness (QED) is 0.651. The number of benzene rings is 2. The predicted octanol–water partition coefficient (Wildman–Crippen LogP) is 4.71. The van der Waals surface area contributed by atoms with Crippen LogP contribution < -0.4 is 19.5 Å². The molecule has 6 nitrogen and oxygen atoms in total. The molecule has 28 heavy (non-hydrogen) atoms. The zero-order valence-electron chi connectivity index (χ0n) is 16.5. The Labute approximate surface area is 168 Å². The van der Waals surface area contributed by atoms with E-state index < -0.39 is 0 Å². The highest BCUT2D eigenvalue weighted by Crippen LogP contribution is 2.35. The van der Waals surface area contributed by atoms with Gasteiger partial charge in [-0.05, 0) is 19.4 Å². The number of hydrogen-bond acceptors (Lipinski definition) is 6. The Kier molecular flexibility index (Phi) is 5.84. The van der Waals surface area contributed by atoms with Crippen molar-refractivity contribution in [2.24, 2.45) is 0 Å². The van der Waals surface area contributed by atoms with Crippen LogP contribution in [-0.4, -0.2) is 32.2 Å². The summed E-state index contributed by atoms with van der Waals surface area (Å²) in [6.45, 7) is 4.11. The Morgan fingerprint density at radius 3 is 2.29 bits per heavy atom. The zero-order valence-corrected chi connectivity index (χ0v) is 17.3. The number of methoxy groups -OCH3 is 3. The molecule has 0 saturated carbocycles. The van der Waals surface area contributed by atoms with Crippen molar-refractivity contribution in [3.8, 4) is 28.5 Å². The predicted molar refractivity (Wildman–Crippen MR) is 111 cm³/mol. The van der Waals surface area contributed by atoms with Gasteiger partial charge in [-0.2, -0.15) is 0 Å². The highest BCUT2D eigenvalue weighted by molar-refractivity contribution is 7.14. The molecule has 0 aliphatic carbocycles. The molecule has 1 aromatic heterocycles. The molecule has 0 aliphatic rings. The van der Waals surface area contributed by atoms with Crippen LogP contribution in [0.4, 0.5) is 5.13 Å². The number of hydrogen-bond donors (Lipinski definition) is 1. The molecule has 0 atom stereocenters. The second-order valence-electron chi connectivity index (χ2n) is 6.22. The summed E-state index contributed by atoms with van der Waals surface area (Å²) in [5, 5.41) is 5.28. The van der Waals surface area contributed by atoms with E-state index in [1.807, 2.05) is 11.4 Å². The van der Waals surface area contributed by atoms with Crippen molar-refractivity contribution in [2.45, 2.75) is 13.8 Å². The summed E-state index contributed by atoms with van der Waals surface area (Å²) >= 11 is 1.37. The molecule has 3 rings (SSSR count). The fraction of sp³-hybridized carbons (Fsp3) is 0.238. The second-order valence-corrected chi connectivity index (χ2v) is 7.08. The van der Waals surface area contributed by atoms with Crippen molar-refractivity contribution in [1.29, 1.82) is 0 Å². The summed E-state index contributed by atoms with van der Waals surface area (Å²) in [6.07, 6.45) is 0. The van der Waals surface area contributed by atoms with Crippen molar-refractivity contribution in [2.75, 3.05) is 26.6 Å². The van der Waals surface area contributed by atoms with Crippen molar-refractivity contribution in [3.63, 3.8) is 0 Å². The number of rotatable bonds is 6. The van der Waals surface area contributed by atoms with Crippen LogP contribution in [0, 0.1) is 13.8 Å². The number of anilines is 1. The third-order valence-electron chi connectivity index (χ3n) is 4.33. The average molecular weight is 398 g/mol. The lowest BCUT2D eigenvalue weighted by Gasteiger charge is -2.13. The van der Waals surface area contributed by atoms with E-state index in [0.29, 0.717) is 27.9 Å². The van der Waals surface area contributed by atoms with Gasteiger partial charge in [-0.1, -0.05) is 23.8 Å². The molecular weight excluding hydrogens is 376 g/mol. The molecule has 3 aromatic rings. The molecule has 1 amide bonds. The first kappa shape index (κ1) is 19.7. The molecule has 7 heteroatoms. The molecule has 1 N–H and O–H groups in total. The monoisotopic (exact) mass is 398 g/mol. The SMILES string of the molecule is COc1cc(OC)c(C(=O)Nc2nc(-c3ccc(C)cc3C)cs2)cc1OC. The van der Waals surface area contributed by atoms with Crippen LogP contribution in [0.3, 0.4) is 0 Å². The molecule has 0 saturated heterocycles. The number of aromatic nitrogens is 1. The smallest absolute Gasteiger partial charge is 0.261 e. The van der Waals surface area contributed by atoms with Crippen LogP contribution in [-0.2, 0) is 0 Å². The molecule has 0 unspecified atom stereocenters. The first-order chi connectivity index (χ1) is 13.5. The second kappa shape index (κ2) is 8.31. The van der Waals surface area contributed by atoms with E-state index in [2.05, 4.69) is 36.3 Å². The lowest BCUT2D eigenvalue weighted by Crippen LogP contribution is -2.13. The number of carbonyl (C=O) groups is 1. The summed E-state index contributed by atoms with van der Waals surface area (Å²) in [7, 11) is 4.55. The first-order valence-electron chi connectivity index (χ1n) is 8.61. The van der Waals surface area contributed by atoms with Gasteiger partial charge in [0, 0.05) is 23.1 Å². The number of amides is 1. The first-order valence-corrected chi connectivity index (χ1v) is 9.49. The molecule has 0 spiro atoms. The number of thiazole rings is 1. The molecule has 146 valence electrons. The topological polar surface area (TPSA) is 69.7 Å². The maximum absolute atomic E-state index is 12.8. The number of nitrogens with one attached hydrogen (secondary N) is 1. The number of nitrogens with zero attached hydrogens (tertiary/aromatic N) is 1. The maximum atomic E-state index is 12.8. The van der Waals surface area contributed by atoms with Gasteiger partial charge in [0.15, 0.2) is 16.6 Å². The van der Waals surface area contributed by atoms with Crippen LogP contribution in [0.25, 0.3) is 11.3 Å². The van der Waals surface area contributed by atoms with E-state index in [4.69, 9.17) is 14.2 Å². The Bertz CT molecular complexity index is 1010. The number of carbonyl (C=O) groups excluding carboxylic acids is 1. The third kappa shape index (κ3) is 3.94. The van der Waals surface area contributed by atoms with Crippen LogP contribution >= 0.6 is 11.3 Å². The van der Waals surface area contributed by atoms with Gasteiger partial charge < -0.3 is 14.2 Å². The van der Waals surface area contributed by atoms with Gasteiger partial charge in [-0.25, -0.2) is 4.98 Å². The van der Waals surface area contributed by atoms with E-state index in [9.17, 15) is 4.79 Å². The largest absolute Gasteiger partial charge is 0.496 e. The van der Waals surface area contributed by atoms with E-state index in [0.717, 1.165) is 16.8 Å². The summed E-state index contributed by atoms with van der Waals surface area (Å²) < 4.78 is 15.9. The summed E-state index contributed by atoms with van der Waals surface area (Å²) in [4.78, 5) is 17.4. The molecule has 0 bridgehead atoms. The lowest BCUT2D eigenvalue weighted by molar-refractivity contribution is 0.102. The Morgan fingerprint density at radius 1 is 0.964 bits per heavy atom. The average Bonchev–Trinajstić information content (AvgIpc) is 3.14. The summed E-state index contributed by atoms with van der Waals surface area (Å²) in [6, 6.07) is 9.42. The highest BCUT2D eigenvalue weighted by atomic mass is 32.1. The van der Waals surface area contributed by atoms with Crippen molar-refractivity contribution >= 4 is 22.4 Å². The maximum Gasteiger partial charge on any atom is 0.261 e. The van der Waals surface area contributed by atoms with E-state index in [1.165, 1.54) is 38.2 Å². The normalized spacial score (nSPS) is 10.5. The summed E-state index contributed by atoms with van der Waals surface area (Å²) in [5.74, 6) is 0.992. The number of ether oxygens (including phenoxy) is 3. The van der Waals surface area contributed by atoms with Crippen LogP contribution in [0.15, 0.2) is 35.7 Å². The molecule has 0 radical (unpaired) electrons. The Hall–Kier alpha value is -3.06. The van der Waals surface area contributed by atoms with Crippen LogP contribution in [0.1, 0.15) is 21.5 Å². The molecule has 0 aliphatic heterocycles. The standard InChI is InChI=1S/C21H22N2O4S/c1-12-6-7-14(13(2)8-12)16-11-28-21(22-16)23-20(24)15-9-18(26-4)19(27-5)10-17(15)25-3/h6-11H,1-5H3,(H,22,23,24). The third-order valence-corrected chi connectivity index (χ3v) is 5.09. The highest BCUT2D eigenvalue weighted by Gasteiger charge is 2.19. The van der Waals surface area contributed by atoms with Crippen LogP contribution in [0.5, 0.6) is 17.2 Å². The fourth-order valence-corrected chi connectivity index (χ4v) is 3.63. The fourth-order valence-electron chi connectivity index (χ4n) is 2.93. The van der Waals surface area contributed by atoms with Gasteiger partial charge in [0.05, 0.1) is 32.6 Å². The van der Waals surface area contributed by atoms with Gasteiger partial charge in [-0.15, -0.1) is 11.3 Å². The van der Waals surface area contributed by atoms with Crippen molar-refractivity contribution in [3.05, 3.63) is 52.4 Å². The van der Waals surface area contributed by atoms with Gasteiger partial charge in [0.1, 0.15) is 5.75 Å². The molecular formula is C21H22N2O4S. The van der Waals surface area contributed by atoms with E-state index >= 15 is 0 Å². The molecule has 2 aromatic carbocycles. The lowest BCUT2D eigenvalue weighted by atomic mass is 10.0. The van der Waals surface area contributed by atoms with Crippen LogP contribution in [0.2, 0.25) is 0 Å². The molecule has 1 heterocycles. The van der Waals surface area contributed by atoms with Gasteiger partial charge in [0.25, 0.3) is 5.91 Å². The van der Waals surface area contributed by atoms with Gasteiger partial charge >= 0.3 is 0 Å². The Balaban J connectivity index is 1.87. The Morgan fingerprint density at radius 2 is 1.64 bits per heavy atom. The van der Waals surface area contributed by atoms with Gasteiger partial charge in [0.2, 0.25) is 0 Å². The molecule has 0 fully saturated rings. The summed E-state index contributed by atoms with van der Waals surface area (Å²) in [5.41, 5.74) is 4.56. The minimum atomic E-state index is -0.334. The van der Waals surface area contributed by atoms with E-state index in [-0.39, 0.29) is 5.91 Å². The number of aryl methyl sites for hydroxylation is 2.